The van der Waals surface area contributed by atoms with Gasteiger partial charge in [0, 0.05) is 45.6 Å². The number of nitrogens with zero attached hydrogens (tertiary/aromatic N) is 3. The van der Waals surface area contributed by atoms with E-state index in [4.69, 9.17) is 0 Å². The molecule has 0 N–H and O–H groups in total. The van der Waals surface area contributed by atoms with Crippen molar-refractivity contribution in [3.63, 3.8) is 0 Å². The number of aldehydes is 1. The van der Waals surface area contributed by atoms with Crippen LogP contribution in [0.2, 0.25) is 0 Å². The van der Waals surface area contributed by atoms with Gasteiger partial charge in [0.2, 0.25) is 15.9 Å². The molecule has 0 aromatic rings. The molecule has 1 aliphatic rings. The zero-order chi connectivity index (χ0) is 20.6. The molecule has 1 saturated heterocycles. The van der Waals surface area contributed by atoms with E-state index in [1.165, 1.54) is 11.9 Å². The van der Waals surface area contributed by atoms with Gasteiger partial charge in [-0.15, -0.1) is 5.06 Å². The number of carbonyl (C=O) groups is 5. The lowest BCUT2D eigenvalue weighted by Gasteiger charge is -2.23. The van der Waals surface area contributed by atoms with Crippen molar-refractivity contribution in [2.24, 2.45) is 0 Å². The van der Waals surface area contributed by atoms with Gasteiger partial charge in [0.1, 0.15) is 6.29 Å². The lowest BCUT2D eigenvalue weighted by Crippen LogP contribution is -2.40. The van der Waals surface area contributed by atoms with E-state index in [0.717, 1.165) is 22.7 Å². The molecule has 0 saturated carbocycles. The Hall–Kier alpha value is -2.60. The maximum atomic E-state index is 11.8. The zero-order valence-electron chi connectivity index (χ0n) is 15.0. The Morgan fingerprint density at radius 1 is 1.15 bits per heavy atom. The minimum atomic E-state index is -3.68. The van der Waals surface area contributed by atoms with Crippen molar-refractivity contribution in [1.29, 1.82) is 0 Å². The lowest BCUT2D eigenvalue weighted by atomic mass is 10.4. The SMILES string of the molecule is CN(CCN(CCC(=O)ON1C(=O)CCC1=O)S(C)(=O)=O)C(=O)/C=C\C=O. The fraction of sp³-hybridized carbons (Fsp3) is 0.533. The molecule has 0 bridgehead atoms. The summed E-state index contributed by atoms with van der Waals surface area (Å²) in [5, 5.41) is 0.388. The first kappa shape index (κ1) is 22.4. The lowest BCUT2D eigenvalue weighted by molar-refractivity contribution is -0.197. The topological polar surface area (TPSA) is 138 Å². The number of carbonyl (C=O) groups excluding carboxylic acids is 5. The molecule has 0 aliphatic carbocycles. The average molecular weight is 403 g/mol. The van der Waals surface area contributed by atoms with Crippen LogP contribution in [0.5, 0.6) is 0 Å². The Morgan fingerprint density at radius 2 is 1.74 bits per heavy atom. The summed E-state index contributed by atoms with van der Waals surface area (Å²) in [5.74, 6) is -2.67. The van der Waals surface area contributed by atoms with Gasteiger partial charge in [-0.3, -0.25) is 19.2 Å². The molecular formula is C15H21N3O8S. The number of amides is 3. The number of imide groups is 1. The summed E-state index contributed by atoms with van der Waals surface area (Å²) >= 11 is 0. The standard InChI is InChI=1S/C15H21N3O8S/c1-16(12(20)4-3-11-19)9-10-17(27(2,24)25)8-7-15(23)26-18-13(21)5-6-14(18)22/h3-4,11H,5-10H2,1-2H3/b4-3-. The molecule has 150 valence electrons. The summed E-state index contributed by atoms with van der Waals surface area (Å²) in [6, 6.07) is 0. The first-order chi connectivity index (χ1) is 12.6. The smallest absolute Gasteiger partial charge is 0.334 e. The van der Waals surface area contributed by atoms with Crippen LogP contribution in [0.1, 0.15) is 19.3 Å². The minimum absolute atomic E-state index is 0.0211. The Labute approximate surface area is 156 Å². The van der Waals surface area contributed by atoms with Crippen molar-refractivity contribution >= 4 is 40.0 Å². The van der Waals surface area contributed by atoms with Gasteiger partial charge in [-0.1, -0.05) is 0 Å². The Bertz CT molecular complexity index is 730. The minimum Gasteiger partial charge on any atom is -0.341 e. The van der Waals surface area contributed by atoms with E-state index in [1.54, 1.807) is 0 Å². The predicted molar refractivity (Wildman–Crippen MR) is 91.1 cm³/mol. The number of allylic oxidation sites excluding steroid dienone is 1. The van der Waals surface area contributed by atoms with E-state index in [2.05, 4.69) is 4.84 Å². The van der Waals surface area contributed by atoms with Crippen molar-refractivity contribution in [2.75, 3.05) is 32.9 Å². The van der Waals surface area contributed by atoms with Crippen LogP contribution < -0.4 is 0 Å². The van der Waals surface area contributed by atoms with E-state index in [-0.39, 0.29) is 38.9 Å². The van der Waals surface area contributed by atoms with E-state index >= 15 is 0 Å². The van der Waals surface area contributed by atoms with Crippen LogP contribution in [0.15, 0.2) is 12.2 Å². The van der Waals surface area contributed by atoms with E-state index in [9.17, 15) is 32.4 Å². The Kier molecular flexibility index (Phi) is 8.25. The molecule has 1 heterocycles. The summed E-state index contributed by atoms with van der Waals surface area (Å²) in [6.45, 7) is -0.321. The second kappa shape index (κ2) is 9.92. The molecule has 0 unspecified atom stereocenters. The van der Waals surface area contributed by atoms with Crippen LogP contribution in [0.25, 0.3) is 0 Å². The van der Waals surface area contributed by atoms with Gasteiger partial charge < -0.3 is 9.74 Å². The van der Waals surface area contributed by atoms with Crippen LogP contribution in [0, 0.1) is 0 Å². The Morgan fingerprint density at radius 3 is 2.26 bits per heavy atom. The van der Waals surface area contributed by atoms with Crippen molar-refractivity contribution in [3.8, 4) is 0 Å². The molecule has 1 fully saturated rings. The van der Waals surface area contributed by atoms with Crippen molar-refractivity contribution < 1.29 is 37.2 Å². The van der Waals surface area contributed by atoms with Gasteiger partial charge in [0.25, 0.3) is 11.8 Å². The van der Waals surface area contributed by atoms with Crippen LogP contribution >= 0.6 is 0 Å². The Balaban J connectivity index is 2.58. The average Bonchev–Trinajstić information content (AvgIpc) is 2.89. The van der Waals surface area contributed by atoms with E-state index in [1.807, 2.05) is 0 Å². The molecule has 0 spiro atoms. The van der Waals surface area contributed by atoms with Crippen molar-refractivity contribution in [1.82, 2.24) is 14.3 Å². The zero-order valence-corrected chi connectivity index (χ0v) is 15.8. The van der Waals surface area contributed by atoms with Crippen molar-refractivity contribution in [3.05, 3.63) is 12.2 Å². The summed E-state index contributed by atoms with van der Waals surface area (Å²) in [5.41, 5.74) is 0. The van der Waals surface area contributed by atoms with E-state index in [0.29, 0.717) is 11.3 Å². The number of likely N-dealkylation sites (N-methyl/N-ethyl adjacent to an activating group) is 1. The first-order valence-corrected chi connectivity index (χ1v) is 9.79. The highest BCUT2D eigenvalue weighted by atomic mass is 32.2. The van der Waals surface area contributed by atoms with Gasteiger partial charge in [0.15, 0.2) is 0 Å². The monoisotopic (exact) mass is 403 g/mol. The van der Waals surface area contributed by atoms with Gasteiger partial charge in [-0.25, -0.2) is 13.2 Å². The molecule has 11 nitrogen and oxygen atoms in total. The van der Waals surface area contributed by atoms with Crippen LogP contribution in [0.4, 0.5) is 0 Å². The maximum absolute atomic E-state index is 11.8. The number of hydrogen-bond donors (Lipinski definition) is 0. The maximum Gasteiger partial charge on any atom is 0.334 e. The van der Waals surface area contributed by atoms with Gasteiger partial charge in [0.05, 0.1) is 12.7 Å². The summed E-state index contributed by atoms with van der Waals surface area (Å²) in [4.78, 5) is 62.3. The first-order valence-electron chi connectivity index (χ1n) is 7.95. The number of hydroxylamine groups is 2. The molecule has 3 amide bonds. The molecule has 0 atom stereocenters. The van der Waals surface area contributed by atoms with Crippen LogP contribution in [-0.2, 0) is 38.8 Å². The molecular weight excluding hydrogens is 382 g/mol. The second-order valence-corrected chi connectivity index (χ2v) is 7.69. The molecule has 1 rings (SSSR count). The summed E-state index contributed by atoms with van der Waals surface area (Å²) in [7, 11) is -2.25. The molecule has 0 aromatic heterocycles. The number of hydrogen-bond acceptors (Lipinski definition) is 8. The molecule has 1 aliphatic heterocycles. The summed E-state index contributed by atoms with van der Waals surface area (Å²) in [6.07, 6.45) is 2.98. The number of sulfonamides is 1. The third kappa shape index (κ3) is 7.27. The third-order valence-electron chi connectivity index (χ3n) is 3.61. The van der Waals surface area contributed by atoms with E-state index < -0.39 is 33.7 Å². The van der Waals surface area contributed by atoms with Gasteiger partial charge in [-0.2, -0.15) is 4.31 Å². The largest absolute Gasteiger partial charge is 0.341 e. The number of rotatable bonds is 10. The third-order valence-corrected chi connectivity index (χ3v) is 4.91. The highest BCUT2D eigenvalue weighted by Gasteiger charge is 2.33. The highest BCUT2D eigenvalue weighted by molar-refractivity contribution is 7.88. The normalized spacial score (nSPS) is 14.9. The van der Waals surface area contributed by atoms with Crippen LogP contribution in [-0.4, -0.2) is 85.6 Å². The fourth-order valence-electron chi connectivity index (χ4n) is 2.09. The van der Waals surface area contributed by atoms with Crippen LogP contribution in [0.3, 0.4) is 0 Å². The molecule has 27 heavy (non-hydrogen) atoms. The fourth-order valence-corrected chi connectivity index (χ4v) is 2.92. The van der Waals surface area contributed by atoms with Gasteiger partial charge >= 0.3 is 5.97 Å². The highest BCUT2D eigenvalue weighted by Crippen LogP contribution is 2.13. The molecule has 0 radical (unpaired) electrons. The molecule has 12 heteroatoms. The second-order valence-electron chi connectivity index (χ2n) is 5.71. The molecule has 0 aromatic carbocycles. The van der Waals surface area contributed by atoms with Crippen molar-refractivity contribution in [2.45, 2.75) is 19.3 Å². The van der Waals surface area contributed by atoms with Gasteiger partial charge in [-0.05, 0) is 6.08 Å². The predicted octanol–water partition coefficient (Wildman–Crippen LogP) is -1.54. The summed E-state index contributed by atoms with van der Waals surface area (Å²) < 4.78 is 24.6. The quantitative estimate of drug-likeness (QED) is 0.243.